The predicted octanol–water partition coefficient (Wildman–Crippen LogP) is 6.75. The molecule has 2 aromatic heterocycles. The van der Waals surface area contributed by atoms with E-state index in [1.165, 1.54) is 16.9 Å². The van der Waals surface area contributed by atoms with Crippen molar-refractivity contribution in [1.29, 1.82) is 0 Å². The number of fused-ring (bicyclic) bond motifs is 1. The van der Waals surface area contributed by atoms with Crippen LogP contribution in [0.3, 0.4) is 0 Å². The van der Waals surface area contributed by atoms with Gasteiger partial charge in [0.25, 0.3) is 0 Å². The van der Waals surface area contributed by atoms with Crippen LogP contribution in [0.1, 0.15) is 42.2 Å². The van der Waals surface area contributed by atoms with E-state index in [0.717, 1.165) is 21.3 Å². The Morgan fingerprint density at radius 2 is 1.97 bits per heavy atom. The summed E-state index contributed by atoms with van der Waals surface area (Å²) in [6.45, 7) is 6.63. The Kier molecular flexibility index (Phi) is 5.93. The number of benzene rings is 2. The normalized spacial score (nSPS) is 11.4. The first kappa shape index (κ1) is 20.6. The molecule has 0 unspecified atom stereocenters. The van der Waals surface area contributed by atoms with Crippen LogP contribution in [0.2, 0.25) is 5.02 Å². The number of thiazole rings is 1. The lowest BCUT2D eigenvalue weighted by molar-refractivity contribution is -0.118. The Hall–Kier alpha value is -2.63. The lowest BCUT2D eigenvalue weighted by Gasteiger charge is -2.19. The molecule has 0 spiro atoms. The van der Waals surface area contributed by atoms with Gasteiger partial charge in [-0.2, -0.15) is 0 Å². The summed E-state index contributed by atoms with van der Waals surface area (Å²) >= 11 is 7.68. The second-order valence-electron chi connectivity index (χ2n) is 7.70. The van der Waals surface area contributed by atoms with Gasteiger partial charge in [0.05, 0.1) is 29.4 Å². The highest BCUT2D eigenvalue weighted by molar-refractivity contribution is 7.22. The second-order valence-corrected chi connectivity index (χ2v) is 9.14. The van der Waals surface area contributed by atoms with Gasteiger partial charge in [0.2, 0.25) is 5.91 Å². The van der Waals surface area contributed by atoms with Crippen molar-refractivity contribution < 1.29 is 9.21 Å². The van der Waals surface area contributed by atoms with Crippen LogP contribution in [-0.4, -0.2) is 10.9 Å². The van der Waals surface area contributed by atoms with Crippen LogP contribution < -0.4 is 4.90 Å². The van der Waals surface area contributed by atoms with Crippen LogP contribution in [0, 0.1) is 6.92 Å². The number of carbonyl (C=O) groups excluding carboxylic acids is 1. The number of carbonyl (C=O) groups is 1. The molecule has 0 aliphatic rings. The first-order chi connectivity index (χ1) is 14.4. The fourth-order valence-electron chi connectivity index (χ4n) is 3.37. The maximum absolute atomic E-state index is 13.3. The van der Waals surface area contributed by atoms with Crippen molar-refractivity contribution in [3.05, 3.63) is 82.3 Å². The van der Waals surface area contributed by atoms with Crippen LogP contribution >= 0.6 is 22.9 Å². The summed E-state index contributed by atoms with van der Waals surface area (Å²) in [6.07, 6.45) is 1.92. The van der Waals surface area contributed by atoms with E-state index in [1.807, 2.05) is 43.3 Å². The Labute approximate surface area is 185 Å². The number of anilines is 1. The first-order valence-corrected chi connectivity index (χ1v) is 11.1. The zero-order chi connectivity index (χ0) is 21.3. The van der Waals surface area contributed by atoms with Gasteiger partial charge in [-0.25, -0.2) is 4.98 Å². The van der Waals surface area contributed by atoms with Gasteiger partial charge in [-0.15, -0.1) is 0 Å². The fraction of sp³-hybridized carbons (Fsp3) is 0.250. The lowest BCUT2D eigenvalue weighted by Crippen LogP contribution is -2.31. The van der Waals surface area contributed by atoms with Crippen molar-refractivity contribution in [3.63, 3.8) is 0 Å². The van der Waals surface area contributed by atoms with Crippen molar-refractivity contribution >= 4 is 44.2 Å². The predicted molar refractivity (Wildman–Crippen MR) is 124 cm³/mol. The number of amides is 1. The van der Waals surface area contributed by atoms with E-state index in [1.54, 1.807) is 11.2 Å². The number of halogens is 1. The Morgan fingerprint density at radius 1 is 1.20 bits per heavy atom. The Bertz CT molecular complexity index is 1160. The minimum Gasteiger partial charge on any atom is -0.467 e. The molecule has 4 nitrogen and oxygen atoms in total. The van der Waals surface area contributed by atoms with Crippen LogP contribution in [0.4, 0.5) is 5.13 Å². The minimum atomic E-state index is -0.0218. The van der Waals surface area contributed by atoms with E-state index in [9.17, 15) is 4.79 Å². The van der Waals surface area contributed by atoms with Gasteiger partial charge in [-0.1, -0.05) is 61.1 Å². The van der Waals surface area contributed by atoms with Crippen molar-refractivity contribution in [2.24, 2.45) is 0 Å². The van der Waals surface area contributed by atoms with Crippen LogP contribution in [-0.2, 0) is 17.8 Å². The minimum absolute atomic E-state index is 0.0218. The molecule has 0 aliphatic carbocycles. The SMILES string of the molecule is Cc1cc(Cl)cc2sc(N(Cc3ccco3)C(=O)Cc3ccc(C(C)C)cc3)nc12. The van der Waals surface area contributed by atoms with E-state index in [4.69, 9.17) is 21.0 Å². The Morgan fingerprint density at radius 3 is 2.63 bits per heavy atom. The van der Waals surface area contributed by atoms with Gasteiger partial charge in [-0.3, -0.25) is 9.69 Å². The van der Waals surface area contributed by atoms with Gasteiger partial charge in [0, 0.05) is 5.02 Å². The van der Waals surface area contributed by atoms with Gasteiger partial charge in [0.1, 0.15) is 5.76 Å². The number of aryl methyl sites for hydroxylation is 1. The van der Waals surface area contributed by atoms with Crippen molar-refractivity contribution in [2.45, 2.75) is 39.7 Å². The molecule has 1 amide bonds. The van der Waals surface area contributed by atoms with E-state index in [0.29, 0.717) is 34.8 Å². The van der Waals surface area contributed by atoms with Gasteiger partial charge < -0.3 is 4.42 Å². The van der Waals surface area contributed by atoms with E-state index >= 15 is 0 Å². The summed E-state index contributed by atoms with van der Waals surface area (Å²) in [6, 6.07) is 15.7. The number of hydrogen-bond acceptors (Lipinski definition) is 4. The third-order valence-electron chi connectivity index (χ3n) is 5.07. The second kappa shape index (κ2) is 8.62. The molecule has 2 aromatic carbocycles. The van der Waals surface area contributed by atoms with Crippen molar-refractivity contribution in [2.75, 3.05) is 4.90 Å². The van der Waals surface area contributed by atoms with Crippen molar-refractivity contribution in [3.8, 4) is 0 Å². The number of hydrogen-bond donors (Lipinski definition) is 0. The smallest absolute Gasteiger partial charge is 0.233 e. The number of nitrogens with zero attached hydrogens (tertiary/aromatic N) is 2. The molecule has 0 radical (unpaired) electrons. The summed E-state index contributed by atoms with van der Waals surface area (Å²) in [7, 11) is 0. The number of aromatic nitrogens is 1. The zero-order valence-electron chi connectivity index (χ0n) is 17.2. The molecule has 0 aliphatic heterocycles. The lowest BCUT2D eigenvalue weighted by atomic mass is 10.0. The third-order valence-corrected chi connectivity index (χ3v) is 6.31. The first-order valence-electron chi connectivity index (χ1n) is 9.89. The summed E-state index contributed by atoms with van der Waals surface area (Å²) in [5.74, 6) is 1.15. The molecule has 2 heterocycles. The molecule has 0 saturated carbocycles. The van der Waals surface area contributed by atoms with E-state index in [2.05, 4.69) is 26.0 Å². The van der Waals surface area contributed by atoms with Crippen LogP contribution in [0.5, 0.6) is 0 Å². The van der Waals surface area contributed by atoms with Crippen LogP contribution in [0.15, 0.2) is 59.2 Å². The van der Waals surface area contributed by atoms with Crippen molar-refractivity contribution in [1.82, 2.24) is 4.98 Å². The highest BCUT2D eigenvalue weighted by atomic mass is 35.5. The molecule has 6 heteroatoms. The highest BCUT2D eigenvalue weighted by Crippen LogP contribution is 2.34. The molecule has 0 N–H and O–H groups in total. The molecular formula is C24H23ClN2O2S. The largest absolute Gasteiger partial charge is 0.467 e. The highest BCUT2D eigenvalue weighted by Gasteiger charge is 2.22. The molecule has 4 rings (SSSR count). The van der Waals surface area contributed by atoms with E-state index in [-0.39, 0.29) is 5.91 Å². The molecule has 0 saturated heterocycles. The molecule has 0 bridgehead atoms. The van der Waals surface area contributed by atoms with Gasteiger partial charge >= 0.3 is 0 Å². The van der Waals surface area contributed by atoms with E-state index < -0.39 is 0 Å². The summed E-state index contributed by atoms with van der Waals surface area (Å²) in [4.78, 5) is 19.8. The molecular weight excluding hydrogens is 416 g/mol. The molecule has 154 valence electrons. The maximum atomic E-state index is 13.3. The quantitative estimate of drug-likeness (QED) is 0.334. The number of furan rings is 1. The topological polar surface area (TPSA) is 46.3 Å². The monoisotopic (exact) mass is 438 g/mol. The average molecular weight is 439 g/mol. The van der Waals surface area contributed by atoms with Gasteiger partial charge in [-0.05, 0) is 53.8 Å². The fourth-order valence-corrected chi connectivity index (χ4v) is 4.81. The molecule has 30 heavy (non-hydrogen) atoms. The third kappa shape index (κ3) is 4.42. The van der Waals surface area contributed by atoms with Gasteiger partial charge in [0.15, 0.2) is 5.13 Å². The molecule has 0 fully saturated rings. The average Bonchev–Trinajstić information content (AvgIpc) is 3.36. The standard InChI is InChI=1S/C24H23ClN2O2S/c1-15(2)18-8-6-17(7-9-18)12-22(28)27(14-20-5-4-10-29-20)24-26-23-16(3)11-19(25)13-21(23)30-24/h4-11,13,15H,12,14H2,1-3H3. The maximum Gasteiger partial charge on any atom is 0.233 e. The van der Waals surface area contributed by atoms with Crippen LogP contribution in [0.25, 0.3) is 10.2 Å². The number of rotatable bonds is 6. The zero-order valence-corrected chi connectivity index (χ0v) is 18.8. The molecule has 4 aromatic rings. The summed E-state index contributed by atoms with van der Waals surface area (Å²) in [5, 5.41) is 1.32. The molecule has 0 atom stereocenters. The summed E-state index contributed by atoms with van der Waals surface area (Å²) in [5.41, 5.74) is 4.11. The Balaban J connectivity index is 1.65. The summed E-state index contributed by atoms with van der Waals surface area (Å²) < 4.78 is 6.47.